The summed E-state index contributed by atoms with van der Waals surface area (Å²) in [7, 11) is 0. The number of anilines is 2. The van der Waals surface area contributed by atoms with E-state index in [1.165, 1.54) is 12.1 Å². The number of nitrogens with zero attached hydrogens (tertiary/aromatic N) is 1. The van der Waals surface area contributed by atoms with E-state index in [9.17, 15) is 9.18 Å². The summed E-state index contributed by atoms with van der Waals surface area (Å²) in [6.45, 7) is 2.24. The minimum Gasteiger partial charge on any atom is -0.348 e. The lowest BCUT2D eigenvalue weighted by Gasteiger charge is -2.09. The molecule has 0 saturated carbocycles. The number of aromatic nitrogens is 1. The standard InChI is InChI=1S/C20H17ClFN3O/c1-13-2-7-17(11-18(13)21)25-19-10-15(8-9-23-19)20(26)24-12-14-3-5-16(22)6-4-14/h2-11H,12H2,1H3,(H,23,25)(H,24,26). The van der Waals surface area contributed by atoms with Crippen LogP contribution in [0.15, 0.2) is 60.8 Å². The molecular formula is C20H17ClFN3O. The molecule has 4 nitrogen and oxygen atoms in total. The number of halogens is 2. The summed E-state index contributed by atoms with van der Waals surface area (Å²) in [5.74, 6) is 0.00204. The highest BCUT2D eigenvalue weighted by Gasteiger charge is 2.08. The predicted octanol–water partition coefficient (Wildman–Crippen LogP) is 4.86. The molecular weight excluding hydrogens is 353 g/mol. The second kappa shape index (κ2) is 7.97. The van der Waals surface area contributed by atoms with E-state index in [0.717, 1.165) is 16.8 Å². The zero-order valence-corrected chi connectivity index (χ0v) is 14.8. The van der Waals surface area contributed by atoms with E-state index < -0.39 is 0 Å². The zero-order valence-electron chi connectivity index (χ0n) is 14.1. The van der Waals surface area contributed by atoms with E-state index >= 15 is 0 Å². The van der Waals surface area contributed by atoms with Crippen molar-refractivity contribution in [2.45, 2.75) is 13.5 Å². The Balaban J connectivity index is 1.66. The molecule has 0 aliphatic rings. The largest absolute Gasteiger partial charge is 0.348 e. The van der Waals surface area contributed by atoms with Crippen LogP contribution in [0.1, 0.15) is 21.5 Å². The molecule has 3 aromatic rings. The Kier molecular flexibility index (Phi) is 5.49. The third-order valence-corrected chi connectivity index (χ3v) is 4.24. The van der Waals surface area contributed by atoms with Crippen LogP contribution in [0.4, 0.5) is 15.9 Å². The van der Waals surface area contributed by atoms with Crippen molar-refractivity contribution in [1.82, 2.24) is 10.3 Å². The zero-order chi connectivity index (χ0) is 18.5. The van der Waals surface area contributed by atoms with Crippen molar-refractivity contribution >= 4 is 29.0 Å². The SMILES string of the molecule is Cc1ccc(Nc2cc(C(=O)NCc3ccc(F)cc3)ccn2)cc1Cl. The fraction of sp³-hybridized carbons (Fsp3) is 0.100. The maximum Gasteiger partial charge on any atom is 0.251 e. The van der Waals surface area contributed by atoms with Gasteiger partial charge >= 0.3 is 0 Å². The molecule has 26 heavy (non-hydrogen) atoms. The van der Waals surface area contributed by atoms with E-state index in [1.54, 1.807) is 36.5 Å². The second-order valence-electron chi connectivity index (χ2n) is 5.83. The van der Waals surface area contributed by atoms with Gasteiger partial charge in [0.25, 0.3) is 5.91 Å². The van der Waals surface area contributed by atoms with Crippen molar-refractivity contribution < 1.29 is 9.18 Å². The molecule has 3 rings (SSSR count). The molecule has 1 amide bonds. The summed E-state index contributed by atoms with van der Waals surface area (Å²) < 4.78 is 12.9. The molecule has 0 aliphatic heterocycles. The summed E-state index contributed by atoms with van der Waals surface area (Å²) in [6, 6.07) is 14.9. The quantitative estimate of drug-likeness (QED) is 0.675. The topological polar surface area (TPSA) is 54.0 Å². The number of pyridine rings is 1. The van der Waals surface area contributed by atoms with Gasteiger partial charge in [-0.2, -0.15) is 0 Å². The Hall–Kier alpha value is -2.92. The molecule has 0 fully saturated rings. The first-order chi connectivity index (χ1) is 12.5. The highest BCUT2D eigenvalue weighted by Crippen LogP contribution is 2.22. The van der Waals surface area contributed by atoms with Gasteiger partial charge in [0, 0.05) is 29.0 Å². The molecule has 0 aliphatic carbocycles. The van der Waals surface area contributed by atoms with Gasteiger partial charge in [0.2, 0.25) is 0 Å². The number of carbonyl (C=O) groups is 1. The number of hydrogen-bond acceptors (Lipinski definition) is 3. The summed E-state index contributed by atoms with van der Waals surface area (Å²) >= 11 is 6.12. The number of aryl methyl sites for hydroxylation is 1. The average molecular weight is 370 g/mol. The number of rotatable bonds is 5. The normalized spacial score (nSPS) is 10.4. The fourth-order valence-electron chi connectivity index (χ4n) is 2.35. The van der Waals surface area contributed by atoms with Gasteiger partial charge in [-0.1, -0.05) is 29.8 Å². The van der Waals surface area contributed by atoms with Crippen molar-refractivity contribution in [3.8, 4) is 0 Å². The lowest BCUT2D eigenvalue weighted by molar-refractivity contribution is 0.0951. The third-order valence-electron chi connectivity index (χ3n) is 3.83. The number of nitrogens with one attached hydrogen (secondary N) is 2. The van der Waals surface area contributed by atoms with Crippen LogP contribution >= 0.6 is 11.6 Å². The first-order valence-electron chi connectivity index (χ1n) is 8.03. The van der Waals surface area contributed by atoms with Gasteiger partial charge in [-0.3, -0.25) is 4.79 Å². The fourth-order valence-corrected chi connectivity index (χ4v) is 2.53. The van der Waals surface area contributed by atoms with Gasteiger partial charge < -0.3 is 10.6 Å². The monoisotopic (exact) mass is 369 g/mol. The Morgan fingerprint density at radius 3 is 2.62 bits per heavy atom. The minimum absolute atomic E-state index is 0.235. The Morgan fingerprint density at radius 2 is 1.88 bits per heavy atom. The van der Waals surface area contributed by atoms with Crippen LogP contribution in [0.5, 0.6) is 0 Å². The second-order valence-corrected chi connectivity index (χ2v) is 6.24. The molecule has 2 N–H and O–H groups in total. The van der Waals surface area contributed by atoms with Crippen LogP contribution in [0.2, 0.25) is 5.02 Å². The molecule has 1 aromatic heterocycles. The van der Waals surface area contributed by atoms with Crippen molar-refractivity contribution in [2.75, 3.05) is 5.32 Å². The van der Waals surface area contributed by atoms with E-state index in [1.807, 2.05) is 19.1 Å². The number of amides is 1. The molecule has 2 aromatic carbocycles. The maximum atomic E-state index is 12.9. The van der Waals surface area contributed by atoms with Crippen molar-refractivity contribution in [2.24, 2.45) is 0 Å². The molecule has 6 heteroatoms. The molecule has 132 valence electrons. The van der Waals surface area contributed by atoms with E-state index in [4.69, 9.17) is 11.6 Å². The smallest absolute Gasteiger partial charge is 0.251 e. The molecule has 0 unspecified atom stereocenters. The van der Waals surface area contributed by atoms with Crippen LogP contribution in [0.3, 0.4) is 0 Å². The predicted molar refractivity (Wildman–Crippen MR) is 101 cm³/mol. The molecule has 0 spiro atoms. The van der Waals surface area contributed by atoms with Gasteiger partial charge in [0.15, 0.2) is 0 Å². The van der Waals surface area contributed by atoms with Crippen LogP contribution in [0, 0.1) is 12.7 Å². The summed E-state index contributed by atoms with van der Waals surface area (Å²) in [5.41, 5.74) is 3.07. The first-order valence-corrected chi connectivity index (χ1v) is 8.41. The van der Waals surface area contributed by atoms with Gasteiger partial charge in [-0.25, -0.2) is 9.37 Å². The van der Waals surface area contributed by atoms with Gasteiger partial charge in [0.05, 0.1) is 0 Å². The Labute approximate surface area is 156 Å². The highest BCUT2D eigenvalue weighted by molar-refractivity contribution is 6.31. The van der Waals surface area contributed by atoms with Gasteiger partial charge in [0.1, 0.15) is 11.6 Å². The number of benzene rings is 2. The van der Waals surface area contributed by atoms with Crippen molar-refractivity contribution in [3.05, 3.63) is 88.3 Å². The maximum absolute atomic E-state index is 12.9. The average Bonchev–Trinajstić information content (AvgIpc) is 2.64. The van der Waals surface area contributed by atoms with Crippen molar-refractivity contribution in [3.63, 3.8) is 0 Å². The van der Waals surface area contributed by atoms with Gasteiger partial charge in [-0.15, -0.1) is 0 Å². The van der Waals surface area contributed by atoms with Crippen molar-refractivity contribution in [1.29, 1.82) is 0 Å². The summed E-state index contributed by atoms with van der Waals surface area (Å²) in [6.07, 6.45) is 1.56. The lowest BCUT2D eigenvalue weighted by Crippen LogP contribution is -2.22. The minimum atomic E-state index is -0.305. The third kappa shape index (κ3) is 4.58. The Bertz CT molecular complexity index is 929. The van der Waals surface area contributed by atoms with E-state index in [-0.39, 0.29) is 11.7 Å². The first kappa shape index (κ1) is 17.9. The van der Waals surface area contributed by atoms with E-state index in [2.05, 4.69) is 15.6 Å². The van der Waals surface area contributed by atoms with Crippen LogP contribution < -0.4 is 10.6 Å². The van der Waals surface area contributed by atoms with Crippen LogP contribution in [0.25, 0.3) is 0 Å². The summed E-state index contributed by atoms with van der Waals surface area (Å²) in [5, 5.41) is 6.59. The van der Waals surface area contributed by atoms with E-state index in [0.29, 0.717) is 22.9 Å². The van der Waals surface area contributed by atoms with Crippen LogP contribution in [-0.2, 0) is 6.54 Å². The molecule has 0 bridgehead atoms. The Morgan fingerprint density at radius 1 is 1.12 bits per heavy atom. The molecule has 1 heterocycles. The van der Waals surface area contributed by atoms with Crippen LogP contribution in [-0.4, -0.2) is 10.9 Å². The molecule has 0 saturated heterocycles. The number of carbonyl (C=O) groups excluding carboxylic acids is 1. The summed E-state index contributed by atoms with van der Waals surface area (Å²) in [4.78, 5) is 16.5. The highest BCUT2D eigenvalue weighted by atomic mass is 35.5. The molecule has 0 atom stereocenters. The lowest BCUT2D eigenvalue weighted by atomic mass is 10.2. The molecule has 0 radical (unpaired) electrons. The van der Waals surface area contributed by atoms with Gasteiger partial charge in [-0.05, 0) is 54.4 Å². The number of hydrogen-bond donors (Lipinski definition) is 2.